The summed E-state index contributed by atoms with van der Waals surface area (Å²) in [4.78, 5) is 20.1. The molecule has 1 saturated carbocycles. The molecule has 1 aliphatic carbocycles. The van der Waals surface area contributed by atoms with Gasteiger partial charge in [0, 0.05) is 46.7 Å². The summed E-state index contributed by atoms with van der Waals surface area (Å²) >= 11 is 9.87. The van der Waals surface area contributed by atoms with Gasteiger partial charge in [-0.15, -0.1) is 0 Å². The summed E-state index contributed by atoms with van der Waals surface area (Å²) in [6.07, 6.45) is 7.32. The van der Waals surface area contributed by atoms with E-state index in [2.05, 4.69) is 25.8 Å². The second-order valence-electron chi connectivity index (χ2n) is 10.3. The van der Waals surface area contributed by atoms with Crippen LogP contribution in [0.15, 0.2) is 35.1 Å². The highest BCUT2D eigenvalue weighted by Gasteiger charge is 2.25. The highest BCUT2D eigenvalue weighted by Crippen LogP contribution is 2.31. The molecule has 1 saturated heterocycles. The predicted molar refractivity (Wildman–Crippen MR) is 151 cm³/mol. The Morgan fingerprint density at radius 3 is 2.71 bits per heavy atom. The Morgan fingerprint density at radius 1 is 1.16 bits per heavy atom. The van der Waals surface area contributed by atoms with Crippen molar-refractivity contribution < 1.29 is 18.7 Å². The van der Waals surface area contributed by atoms with Crippen LogP contribution in [0, 0.1) is 11.7 Å². The third kappa shape index (κ3) is 7.02. The maximum absolute atomic E-state index is 16.0. The van der Waals surface area contributed by atoms with Gasteiger partial charge in [-0.2, -0.15) is 0 Å². The van der Waals surface area contributed by atoms with E-state index in [1.54, 1.807) is 18.5 Å². The average molecular weight is 607 g/mol. The first-order valence-electron chi connectivity index (χ1n) is 13.5. The van der Waals surface area contributed by atoms with Crippen molar-refractivity contribution in [2.24, 2.45) is 5.92 Å². The zero-order chi connectivity index (χ0) is 26.5. The number of hydrogen-bond acceptors (Lipinski definition) is 5. The molecule has 38 heavy (non-hydrogen) atoms. The van der Waals surface area contributed by atoms with Crippen molar-refractivity contribution in [1.82, 2.24) is 14.5 Å². The van der Waals surface area contributed by atoms with Crippen LogP contribution in [0.5, 0.6) is 0 Å². The number of benzene rings is 2. The van der Waals surface area contributed by atoms with Crippen LogP contribution >= 0.6 is 27.5 Å². The Morgan fingerprint density at radius 2 is 1.95 bits per heavy atom. The first-order valence-corrected chi connectivity index (χ1v) is 14.7. The lowest BCUT2D eigenvalue weighted by molar-refractivity contribution is 0.0371. The summed E-state index contributed by atoms with van der Waals surface area (Å²) < 4.78 is 29.9. The molecule has 2 fully saturated rings. The zero-order valence-electron chi connectivity index (χ0n) is 21.6. The fourth-order valence-electron chi connectivity index (χ4n) is 4.95. The fourth-order valence-corrected chi connectivity index (χ4v) is 5.69. The Bertz CT molecular complexity index is 1270. The van der Waals surface area contributed by atoms with Gasteiger partial charge in [-0.25, -0.2) is 9.37 Å². The lowest BCUT2D eigenvalue weighted by atomic mass is 9.95. The van der Waals surface area contributed by atoms with Crippen molar-refractivity contribution in [2.75, 3.05) is 46.1 Å². The van der Waals surface area contributed by atoms with E-state index in [0.29, 0.717) is 34.2 Å². The number of unbranched alkanes of at least 4 members (excludes halogenated alkanes) is 2. The van der Waals surface area contributed by atoms with Gasteiger partial charge in [0.25, 0.3) is 0 Å². The standard InChI is InChI=1S/C29H34BrClFN3O3/c30-22-7-6-21(25(31)15-22)14-24-23(27(36)18-38-17-20-4-5-20)16-26-29(28(24)32)33-19-35(26)9-3-1-2-8-34-10-12-37-13-11-34/h6-7,15-16,19-20H,1-5,8-14,17-18H2. The monoisotopic (exact) mass is 605 g/mol. The largest absolute Gasteiger partial charge is 0.379 e. The van der Waals surface area contributed by atoms with Crippen LogP contribution < -0.4 is 0 Å². The van der Waals surface area contributed by atoms with Crippen LogP contribution in [0.3, 0.4) is 0 Å². The number of carbonyl (C=O) groups is 1. The van der Waals surface area contributed by atoms with E-state index in [0.717, 1.165) is 81.5 Å². The Kier molecular flexibility index (Phi) is 9.49. The summed E-state index contributed by atoms with van der Waals surface area (Å²) in [7, 11) is 0. The van der Waals surface area contributed by atoms with Gasteiger partial charge in [0.05, 0.1) is 31.7 Å². The molecule has 204 valence electrons. The molecule has 0 atom stereocenters. The number of Topliss-reactive ketones (excluding diaryl/α,β-unsaturated/α-hetero) is 1. The van der Waals surface area contributed by atoms with Crippen molar-refractivity contribution in [3.05, 3.63) is 62.6 Å². The predicted octanol–water partition coefficient (Wildman–Crippen LogP) is 6.29. The van der Waals surface area contributed by atoms with Crippen LogP contribution in [-0.4, -0.2) is 66.3 Å². The van der Waals surface area contributed by atoms with Gasteiger partial charge < -0.3 is 14.0 Å². The van der Waals surface area contributed by atoms with E-state index in [1.165, 1.54) is 0 Å². The third-order valence-electron chi connectivity index (χ3n) is 7.40. The molecule has 0 bridgehead atoms. The molecule has 1 aliphatic heterocycles. The zero-order valence-corrected chi connectivity index (χ0v) is 23.9. The molecule has 3 aromatic rings. The molecule has 5 rings (SSSR count). The molecule has 0 spiro atoms. The minimum absolute atomic E-state index is 0.0573. The quantitative estimate of drug-likeness (QED) is 0.169. The SMILES string of the molecule is O=C(COCC1CC1)c1cc2c(ncn2CCCCCN2CCOCC2)c(F)c1Cc1ccc(Br)cc1Cl. The van der Waals surface area contributed by atoms with Gasteiger partial charge in [-0.3, -0.25) is 9.69 Å². The van der Waals surface area contributed by atoms with E-state index in [9.17, 15) is 4.79 Å². The molecule has 2 aliphatic rings. The molecule has 0 N–H and O–H groups in total. The Labute approximate surface area is 236 Å². The van der Waals surface area contributed by atoms with E-state index >= 15 is 4.39 Å². The number of halogens is 3. The lowest BCUT2D eigenvalue weighted by Crippen LogP contribution is -2.36. The topological polar surface area (TPSA) is 56.6 Å². The number of fused-ring (bicyclic) bond motifs is 1. The molecular weight excluding hydrogens is 573 g/mol. The summed E-state index contributed by atoms with van der Waals surface area (Å²) in [6, 6.07) is 7.29. The van der Waals surface area contributed by atoms with Crippen LogP contribution in [0.1, 0.15) is 53.6 Å². The molecular formula is C29H34BrClFN3O3. The number of aromatic nitrogens is 2. The number of carbonyl (C=O) groups excluding carboxylic acids is 1. The fraction of sp³-hybridized carbons (Fsp3) is 0.517. The number of aryl methyl sites for hydroxylation is 1. The van der Waals surface area contributed by atoms with Crippen molar-refractivity contribution in [3.8, 4) is 0 Å². The molecule has 0 unspecified atom stereocenters. The molecule has 2 heterocycles. The minimum Gasteiger partial charge on any atom is -0.379 e. The minimum atomic E-state index is -0.460. The maximum Gasteiger partial charge on any atom is 0.188 e. The highest BCUT2D eigenvalue weighted by molar-refractivity contribution is 9.10. The van der Waals surface area contributed by atoms with Gasteiger partial charge in [0.15, 0.2) is 11.6 Å². The molecule has 9 heteroatoms. The average Bonchev–Trinajstić information content (AvgIpc) is 3.65. The van der Waals surface area contributed by atoms with Gasteiger partial charge in [-0.05, 0) is 61.9 Å². The van der Waals surface area contributed by atoms with Crippen LogP contribution in [0.25, 0.3) is 11.0 Å². The van der Waals surface area contributed by atoms with Gasteiger partial charge >= 0.3 is 0 Å². The number of ether oxygens (including phenoxy) is 2. The highest BCUT2D eigenvalue weighted by atomic mass is 79.9. The lowest BCUT2D eigenvalue weighted by Gasteiger charge is -2.26. The van der Waals surface area contributed by atoms with Crippen molar-refractivity contribution >= 4 is 44.3 Å². The van der Waals surface area contributed by atoms with Gasteiger partial charge in [0.2, 0.25) is 0 Å². The number of imidazole rings is 1. The number of morpholine rings is 1. The van der Waals surface area contributed by atoms with Crippen molar-refractivity contribution in [1.29, 1.82) is 0 Å². The molecule has 0 amide bonds. The summed E-state index contributed by atoms with van der Waals surface area (Å²) in [6.45, 7) is 5.95. The summed E-state index contributed by atoms with van der Waals surface area (Å²) in [5, 5.41) is 0.518. The van der Waals surface area contributed by atoms with Crippen LogP contribution in [0.2, 0.25) is 5.02 Å². The summed E-state index contributed by atoms with van der Waals surface area (Å²) in [5.74, 6) is -0.126. The van der Waals surface area contributed by atoms with Gasteiger partial charge in [0.1, 0.15) is 12.1 Å². The molecule has 1 aromatic heterocycles. The normalized spacial score (nSPS) is 16.4. The smallest absolute Gasteiger partial charge is 0.188 e. The molecule has 0 radical (unpaired) electrons. The van der Waals surface area contributed by atoms with Crippen LogP contribution in [0.4, 0.5) is 4.39 Å². The van der Waals surface area contributed by atoms with Crippen molar-refractivity contribution in [2.45, 2.75) is 45.1 Å². The van der Waals surface area contributed by atoms with E-state index in [-0.39, 0.29) is 24.3 Å². The molecule has 6 nitrogen and oxygen atoms in total. The number of rotatable bonds is 13. The summed E-state index contributed by atoms with van der Waals surface area (Å²) in [5.41, 5.74) is 2.35. The second kappa shape index (κ2) is 13.0. The Hall–Kier alpha value is -1.84. The molecule has 2 aromatic carbocycles. The van der Waals surface area contributed by atoms with E-state index in [1.807, 2.05) is 16.7 Å². The Balaban J connectivity index is 1.33. The number of nitrogens with zero attached hydrogens (tertiary/aromatic N) is 3. The first kappa shape index (κ1) is 27.7. The maximum atomic E-state index is 16.0. The van der Waals surface area contributed by atoms with E-state index < -0.39 is 5.82 Å². The first-order chi connectivity index (χ1) is 18.5. The number of ketones is 1. The van der Waals surface area contributed by atoms with Crippen LogP contribution in [-0.2, 0) is 22.4 Å². The van der Waals surface area contributed by atoms with E-state index in [4.69, 9.17) is 21.1 Å². The van der Waals surface area contributed by atoms with Gasteiger partial charge in [-0.1, -0.05) is 40.0 Å². The second-order valence-corrected chi connectivity index (χ2v) is 11.7. The van der Waals surface area contributed by atoms with Crippen molar-refractivity contribution in [3.63, 3.8) is 0 Å². The third-order valence-corrected chi connectivity index (χ3v) is 8.25. The number of hydrogen-bond donors (Lipinski definition) is 0.